The number of rotatable bonds is 6. The van der Waals surface area contributed by atoms with Crippen molar-refractivity contribution in [3.63, 3.8) is 0 Å². The maximum absolute atomic E-state index is 13.0. The number of fused-ring (bicyclic) bond motifs is 2. The summed E-state index contributed by atoms with van der Waals surface area (Å²) >= 11 is 0. The minimum absolute atomic E-state index is 0.137. The Morgan fingerprint density at radius 2 is 2.00 bits per heavy atom. The van der Waals surface area contributed by atoms with Gasteiger partial charge in [-0.1, -0.05) is 18.6 Å². The molecular formula is C24H25N3O2. The van der Waals surface area contributed by atoms with Crippen molar-refractivity contribution in [2.75, 3.05) is 7.05 Å². The molecule has 5 nitrogen and oxygen atoms in total. The van der Waals surface area contributed by atoms with Crippen LogP contribution in [0, 0.1) is 17.8 Å². The van der Waals surface area contributed by atoms with Crippen molar-refractivity contribution in [3.05, 3.63) is 65.1 Å². The molecule has 0 radical (unpaired) electrons. The topological polar surface area (TPSA) is 74.8 Å². The van der Waals surface area contributed by atoms with Crippen molar-refractivity contribution >= 4 is 22.6 Å². The Morgan fingerprint density at radius 1 is 1.17 bits per heavy atom. The molecule has 1 aromatic carbocycles. The van der Waals surface area contributed by atoms with Crippen molar-refractivity contribution in [1.82, 2.24) is 15.3 Å². The van der Waals surface area contributed by atoms with Crippen LogP contribution in [-0.4, -0.2) is 28.7 Å². The summed E-state index contributed by atoms with van der Waals surface area (Å²) in [4.78, 5) is 33.0. The second kappa shape index (κ2) is 7.14. The molecule has 0 saturated heterocycles. The van der Waals surface area contributed by atoms with Crippen LogP contribution in [0.15, 0.2) is 42.6 Å². The smallest absolute Gasteiger partial charge is 0.269 e. The second-order valence-electron chi connectivity index (χ2n) is 8.39. The number of H-pyrrole nitrogens is 1. The maximum atomic E-state index is 13.0. The van der Waals surface area contributed by atoms with Gasteiger partial charge in [0, 0.05) is 48.2 Å². The van der Waals surface area contributed by atoms with Gasteiger partial charge in [-0.25, -0.2) is 4.98 Å². The van der Waals surface area contributed by atoms with Crippen molar-refractivity contribution < 1.29 is 9.59 Å². The number of aromatic nitrogens is 2. The fraction of sp³-hybridized carbons (Fsp3) is 0.375. The molecule has 0 bridgehead atoms. The third kappa shape index (κ3) is 3.35. The number of aromatic amines is 1. The SMILES string of the molecule is CNC(=O)c1cc(C(=O)CC2[C@H]3CCC[C@@H]23)cc(Cc2cccc3[nH]ccc23)n1. The zero-order valence-corrected chi connectivity index (χ0v) is 16.6. The summed E-state index contributed by atoms with van der Waals surface area (Å²) in [5, 5.41) is 3.77. The number of hydrogen-bond acceptors (Lipinski definition) is 3. The van der Waals surface area contributed by atoms with Gasteiger partial charge < -0.3 is 10.3 Å². The molecule has 0 spiro atoms. The fourth-order valence-corrected chi connectivity index (χ4v) is 5.19. The van der Waals surface area contributed by atoms with Gasteiger partial charge in [0.25, 0.3) is 5.91 Å². The van der Waals surface area contributed by atoms with Gasteiger partial charge in [0.2, 0.25) is 0 Å². The molecule has 2 N–H and O–H groups in total. The second-order valence-corrected chi connectivity index (χ2v) is 8.39. The van der Waals surface area contributed by atoms with E-state index in [-0.39, 0.29) is 11.7 Å². The van der Waals surface area contributed by atoms with Crippen LogP contribution in [-0.2, 0) is 6.42 Å². The lowest BCUT2D eigenvalue weighted by atomic mass is 9.98. The standard InChI is InChI=1S/C24H25N3O2/c1-25-24(29)22-12-15(23(28)13-20-18-5-3-6-19(18)20)11-16(27-22)10-14-4-2-7-21-17(14)8-9-26-21/h2,4,7-9,11-12,18-20,26H,3,5-6,10,13H2,1H3,(H,25,29)/t18-,19+,20?. The zero-order valence-electron chi connectivity index (χ0n) is 16.6. The van der Waals surface area contributed by atoms with Crippen LogP contribution in [0.25, 0.3) is 10.9 Å². The van der Waals surface area contributed by atoms with E-state index < -0.39 is 0 Å². The van der Waals surface area contributed by atoms with Gasteiger partial charge in [0.15, 0.2) is 5.78 Å². The van der Waals surface area contributed by atoms with Crippen LogP contribution in [0.5, 0.6) is 0 Å². The van der Waals surface area contributed by atoms with Crippen molar-refractivity contribution in [2.24, 2.45) is 17.8 Å². The molecule has 148 valence electrons. The first-order valence-corrected chi connectivity index (χ1v) is 10.5. The predicted molar refractivity (Wildman–Crippen MR) is 112 cm³/mol. The monoisotopic (exact) mass is 387 g/mol. The lowest BCUT2D eigenvalue weighted by molar-refractivity contribution is 0.0958. The number of benzene rings is 1. The van der Waals surface area contributed by atoms with Crippen LogP contribution >= 0.6 is 0 Å². The highest BCUT2D eigenvalue weighted by Gasteiger charge is 2.52. The Bertz CT molecular complexity index is 1090. The number of ketones is 1. The highest BCUT2D eigenvalue weighted by Crippen LogP contribution is 2.59. The number of amides is 1. The van der Waals surface area contributed by atoms with E-state index in [4.69, 9.17) is 0 Å². The van der Waals surface area contributed by atoms with E-state index in [0.717, 1.165) is 34.0 Å². The minimum Gasteiger partial charge on any atom is -0.361 e. The first kappa shape index (κ1) is 18.1. The zero-order chi connectivity index (χ0) is 20.0. The van der Waals surface area contributed by atoms with Crippen molar-refractivity contribution in [1.29, 1.82) is 0 Å². The Morgan fingerprint density at radius 3 is 2.79 bits per heavy atom. The Balaban J connectivity index is 1.44. The molecule has 2 aliphatic carbocycles. The molecule has 0 aliphatic heterocycles. The third-order valence-electron chi connectivity index (χ3n) is 6.72. The molecule has 5 heteroatoms. The lowest BCUT2D eigenvalue weighted by Crippen LogP contribution is -2.21. The summed E-state index contributed by atoms with van der Waals surface area (Å²) in [6.45, 7) is 0. The number of carbonyl (C=O) groups is 2. The Labute approximate surface area is 169 Å². The number of hydrogen-bond donors (Lipinski definition) is 2. The van der Waals surface area contributed by atoms with Gasteiger partial charge in [-0.05, 0) is 60.4 Å². The highest BCUT2D eigenvalue weighted by atomic mass is 16.1. The summed E-state index contributed by atoms with van der Waals surface area (Å²) < 4.78 is 0. The van der Waals surface area contributed by atoms with Gasteiger partial charge >= 0.3 is 0 Å². The van der Waals surface area contributed by atoms with Gasteiger partial charge in [0.05, 0.1) is 0 Å². The van der Waals surface area contributed by atoms with Crippen LogP contribution < -0.4 is 5.32 Å². The molecule has 2 fully saturated rings. The van der Waals surface area contributed by atoms with E-state index in [0.29, 0.717) is 30.0 Å². The average Bonchev–Trinajstić information content (AvgIpc) is 3.14. The molecule has 1 unspecified atom stereocenters. The maximum Gasteiger partial charge on any atom is 0.269 e. The fourth-order valence-electron chi connectivity index (χ4n) is 5.19. The van der Waals surface area contributed by atoms with E-state index in [1.165, 1.54) is 19.3 Å². The molecule has 5 rings (SSSR count). The van der Waals surface area contributed by atoms with Gasteiger partial charge in [-0.2, -0.15) is 0 Å². The molecule has 2 saturated carbocycles. The number of carbonyl (C=O) groups excluding carboxylic acids is 2. The minimum atomic E-state index is -0.260. The molecule has 3 aromatic rings. The van der Waals surface area contributed by atoms with E-state index in [2.05, 4.69) is 21.4 Å². The van der Waals surface area contributed by atoms with Gasteiger partial charge in [0.1, 0.15) is 5.69 Å². The molecule has 2 aromatic heterocycles. The van der Waals surface area contributed by atoms with E-state index in [1.807, 2.05) is 30.5 Å². The molecular weight excluding hydrogens is 362 g/mol. The third-order valence-corrected chi connectivity index (χ3v) is 6.72. The molecule has 3 atom stereocenters. The number of nitrogens with zero attached hydrogens (tertiary/aromatic N) is 1. The quantitative estimate of drug-likeness (QED) is 0.625. The van der Waals surface area contributed by atoms with Crippen LogP contribution in [0.1, 0.15) is 57.8 Å². The molecule has 1 amide bonds. The molecule has 2 aliphatic rings. The average molecular weight is 387 g/mol. The van der Waals surface area contributed by atoms with Gasteiger partial charge in [-0.15, -0.1) is 0 Å². The summed E-state index contributed by atoms with van der Waals surface area (Å²) in [6.07, 6.45) is 6.95. The molecule has 2 heterocycles. The Kier molecular flexibility index (Phi) is 4.46. The number of Topliss-reactive ketones (excluding diaryl/α,β-unsaturated/α-hetero) is 1. The Hall–Kier alpha value is -2.95. The normalized spacial score (nSPS) is 22.4. The highest BCUT2D eigenvalue weighted by molar-refractivity contribution is 6.00. The summed E-state index contributed by atoms with van der Waals surface area (Å²) in [6, 6.07) is 11.7. The van der Waals surface area contributed by atoms with Crippen LogP contribution in [0.2, 0.25) is 0 Å². The number of nitrogens with one attached hydrogen (secondary N) is 2. The van der Waals surface area contributed by atoms with Crippen molar-refractivity contribution in [3.8, 4) is 0 Å². The van der Waals surface area contributed by atoms with Gasteiger partial charge in [-0.3, -0.25) is 9.59 Å². The van der Waals surface area contributed by atoms with Crippen LogP contribution in [0.4, 0.5) is 0 Å². The predicted octanol–water partition coefficient (Wildman–Crippen LogP) is 4.13. The first-order valence-electron chi connectivity index (χ1n) is 10.5. The molecule has 29 heavy (non-hydrogen) atoms. The summed E-state index contributed by atoms with van der Waals surface area (Å²) in [5.74, 6) is 1.93. The lowest BCUT2D eigenvalue weighted by Gasteiger charge is -2.10. The van der Waals surface area contributed by atoms with E-state index in [1.54, 1.807) is 13.1 Å². The van der Waals surface area contributed by atoms with E-state index in [9.17, 15) is 9.59 Å². The summed E-state index contributed by atoms with van der Waals surface area (Å²) in [5.41, 5.74) is 3.87. The largest absolute Gasteiger partial charge is 0.361 e. The summed E-state index contributed by atoms with van der Waals surface area (Å²) in [7, 11) is 1.59. The van der Waals surface area contributed by atoms with Crippen molar-refractivity contribution in [2.45, 2.75) is 32.1 Å². The van der Waals surface area contributed by atoms with E-state index >= 15 is 0 Å². The number of pyridine rings is 1. The first-order chi connectivity index (χ1) is 14.1. The van der Waals surface area contributed by atoms with Crippen LogP contribution in [0.3, 0.4) is 0 Å².